The van der Waals surface area contributed by atoms with Gasteiger partial charge in [0.2, 0.25) is 5.91 Å². The quantitative estimate of drug-likeness (QED) is 0.375. The van der Waals surface area contributed by atoms with E-state index >= 15 is 8.78 Å². The second-order valence-electron chi connectivity index (χ2n) is 10.5. The standard InChI is InChI=1S/C29H29ClF4N4O3/c1-29(28(39)35-14-16-15-37(2)11-10-23(16)40-3)26(24-8-9-25(30)41-24)27(19-6-4-17(31)12-20(19)33)36-38(29)22-7-5-18(32)13-21(22)34/h4-9,12-13,16,23,26H,10-11,14-15H2,1-3H3,(H,35,39). The Morgan fingerprint density at radius 2 is 1.83 bits per heavy atom. The molecule has 41 heavy (non-hydrogen) atoms. The zero-order valence-electron chi connectivity index (χ0n) is 22.6. The average Bonchev–Trinajstić information content (AvgIpc) is 3.48. The van der Waals surface area contributed by atoms with Gasteiger partial charge >= 0.3 is 0 Å². The number of hydrogen-bond donors (Lipinski definition) is 1. The first-order valence-corrected chi connectivity index (χ1v) is 13.4. The molecule has 3 aromatic rings. The highest BCUT2D eigenvalue weighted by Gasteiger charge is 2.57. The van der Waals surface area contributed by atoms with E-state index in [1.54, 1.807) is 7.11 Å². The summed E-state index contributed by atoms with van der Waals surface area (Å²) in [6, 6.07) is 8.73. The summed E-state index contributed by atoms with van der Waals surface area (Å²) in [5, 5.41) is 8.58. The Hall–Kier alpha value is -3.41. The Bertz CT molecular complexity index is 1480. The van der Waals surface area contributed by atoms with Crippen LogP contribution in [0.25, 0.3) is 0 Å². The third kappa shape index (κ3) is 5.45. The SMILES string of the molecule is COC1CCN(C)CC1CNC(=O)C1(C)C(c2ccc(Cl)o2)C(c2ccc(F)cc2F)=NN1c1ccc(F)cc1F. The van der Waals surface area contributed by atoms with E-state index in [9.17, 15) is 13.6 Å². The molecule has 0 spiro atoms. The molecule has 1 saturated heterocycles. The van der Waals surface area contributed by atoms with Crippen molar-refractivity contribution in [2.45, 2.75) is 30.9 Å². The summed E-state index contributed by atoms with van der Waals surface area (Å²) in [5.41, 5.74) is -2.14. The fraction of sp³-hybridized carbons (Fsp3) is 0.379. The van der Waals surface area contributed by atoms with E-state index in [-0.39, 0.29) is 46.5 Å². The van der Waals surface area contributed by atoms with Gasteiger partial charge in [-0.1, -0.05) is 0 Å². The number of anilines is 1. The van der Waals surface area contributed by atoms with Crippen molar-refractivity contribution in [2.75, 3.05) is 38.8 Å². The summed E-state index contributed by atoms with van der Waals surface area (Å²) in [6.45, 7) is 3.25. The second kappa shape index (κ2) is 11.5. The Morgan fingerprint density at radius 1 is 1.12 bits per heavy atom. The molecule has 1 aromatic heterocycles. The van der Waals surface area contributed by atoms with Crippen molar-refractivity contribution in [3.8, 4) is 0 Å². The number of nitrogens with zero attached hydrogens (tertiary/aromatic N) is 3. The molecular formula is C29H29ClF4N4O3. The van der Waals surface area contributed by atoms with Crippen molar-refractivity contribution in [1.82, 2.24) is 10.2 Å². The summed E-state index contributed by atoms with van der Waals surface area (Å²) in [5.74, 6) is -5.18. The first-order chi connectivity index (χ1) is 19.5. The molecular weight excluding hydrogens is 564 g/mol. The number of furan rings is 1. The van der Waals surface area contributed by atoms with Gasteiger partial charge in [-0.25, -0.2) is 22.6 Å². The summed E-state index contributed by atoms with van der Waals surface area (Å²) >= 11 is 6.10. The lowest BCUT2D eigenvalue weighted by Gasteiger charge is -2.39. The molecule has 0 aliphatic carbocycles. The predicted octanol–water partition coefficient (Wildman–Crippen LogP) is 5.34. The Balaban J connectivity index is 1.62. The van der Waals surface area contributed by atoms with E-state index in [1.165, 1.54) is 25.1 Å². The number of hydrogen-bond acceptors (Lipinski definition) is 6. The number of hydrazone groups is 1. The molecule has 7 nitrogen and oxygen atoms in total. The van der Waals surface area contributed by atoms with Crippen molar-refractivity contribution >= 4 is 28.9 Å². The maximum atomic E-state index is 15.2. The molecule has 0 saturated carbocycles. The lowest BCUT2D eigenvalue weighted by Crippen LogP contribution is -2.58. The topological polar surface area (TPSA) is 70.3 Å². The molecule has 5 rings (SSSR count). The van der Waals surface area contributed by atoms with Crippen LogP contribution in [0.15, 0.2) is 58.0 Å². The Labute approximate surface area is 239 Å². The predicted molar refractivity (Wildman–Crippen MR) is 146 cm³/mol. The number of piperidine rings is 1. The van der Waals surface area contributed by atoms with Gasteiger partial charge in [0.25, 0.3) is 0 Å². The lowest BCUT2D eigenvalue weighted by molar-refractivity contribution is -0.126. The highest BCUT2D eigenvalue weighted by atomic mass is 35.5. The maximum Gasteiger partial charge on any atom is 0.248 e. The van der Waals surface area contributed by atoms with Crippen molar-refractivity contribution in [3.63, 3.8) is 0 Å². The molecule has 12 heteroatoms. The van der Waals surface area contributed by atoms with Crippen molar-refractivity contribution in [3.05, 3.63) is 88.3 Å². The van der Waals surface area contributed by atoms with Crippen LogP contribution in [0.3, 0.4) is 0 Å². The number of nitrogens with one attached hydrogen (secondary N) is 1. The minimum absolute atomic E-state index is 0.00118. The number of ether oxygens (including phenoxy) is 1. The van der Waals surface area contributed by atoms with Crippen LogP contribution < -0.4 is 10.3 Å². The van der Waals surface area contributed by atoms with E-state index in [1.807, 2.05) is 7.05 Å². The van der Waals surface area contributed by atoms with E-state index < -0.39 is 40.6 Å². The largest absolute Gasteiger partial charge is 0.449 e. The number of halogens is 5. The first kappa shape index (κ1) is 29.1. The number of likely N-dealkylation sites (tertiary alicyclic amines) is 1. The minimum Gasteiger partial charge on any atom is -0.449 e. The van der Waals surface area contributed by atoms with Crippen LogP contribution in [0.5, 0.6) is 0 Å². The van der Waals surface area contributed by atoms with Gasteiger partial charge in [-0.05, 0) is 68.4 Å². The van der Waals surface area contributed by atoms with E-state index in [2.05, 4.69) is 15.3 Å². The van der Waals surface area contributed by atoms with Gasteiger partial charge in [0, 0.05) is 50.4 Å². The van der Waals surface area contributed by atoms with Crippen LogP contribution in [0.1, 0.15) is 30.6 Å². The number of carbonyl (C=O) groups excluding carboxylic acids is 1. The molecule has 2 aromatic carbocycles. The molecule has 0 radical (unpaired) electrons. The average molecular weight is 593 g/mol. The van der Waals surface area contributed by atoms with Crippen LogP contribution >= 0.6 is 11.6 Å². The minimum atomic E-state index is -1.76. The molecule has 1 amide bonds. The first-order valence-electron chi connectivity index (χ1n) is 13.1. The van der Waals surface area contributed by atoms with Gasteiger partial charge in [0.15, 0.2) is 16.6 Å². The van der Waals surface area contributed by atoms with Crippen LogP contribution in [-0.4, -0.2) is 62.0 Å². The zero-order chi connectivity index (χ0) is 29.5. The second-order valence-corrected chi connectivity index (χ2v) is 10.9. The highest BCUT2D eigenvalue weighted by molar-refractivity contribution is 6.28. The molecule has 0 bridgehead atoms. The fourth-order valence-corrected chi connectivity index (χ4v) is 5.90. The summed E-state index contributed by atoms with van der Waals surface area (Å²) in [7, 11) is 3.60. The third-order valence-electron chi connectivity index (χ3n) is 7.86. The maximum absolute atomic E-state index is 15.2. The van der Waals surface area contributed by atoms with Crippen molar-refractivity contribution < 1.29 is 31.5 Å². The highest BCUT2D eigenvalue weighted by Crippen LogP contribution is 2.46. The molecule has 1 fully saturated rings. The monoisotopic (exact) mass is 592 g/mol. The number of benzene rings is 2. The van der Waals surface area contributed by atoms with Crippen LogP contribution in [-0.2, 0) is 9.53 Å². The van der Waals surface area contributed by atoms with E-state index in [0.29, 0.717) is 18.7 Å². The third-order valence-corrected chi connectivity index (χ3v) is 8.06. The normalized spacial score (nSPS) is 24.9. The number of carbonyl (C=O) groups is 1. The summed E-state index contributed by atoms with van der Waals surface area (Å²) < 4.78 is 69.5. The van der Waals surface area contributed by atoms with Crippen LogP contribution in [0.2, 0.25) is 5.22 Å². The number of rotatable bonds is 7. The number of amides is 1. The van der Waals surface area contributed by atoms with Gasteiger partial charge < -0.3 is 19.4 Å². The number of methoxy groups -OCH3 is 1. The fourth-order valence-electron chi connectivity index (χ4n) is 5.75. The zero-order valence-corrected chi connectivity index (χ0v) is 23.4. The van der Waals surface area contributed by atoms with E-state index in [0.717, 1.165) is 36.2 Å². The van der Waals surface area contributed by atoms with Crippen molar-refractivity contribution in [1.29, 1.82) is 0 Å². The molecule has 4 atom stereocenters. The van der Waals surface area contributed by atoms with Gasteiger partial charge in [-0.3, -0.25) is 4.79 Å². The molecule has 4 unspecified atom stereocenters. The molecule has 2 aliphatic heterocycles. The Morgan fingerprint density at radius 3 is 2.46 bits per heavy atom. The molecule has 1 N–H and O–H groups in total. The molecule has 218 valence electrons. The molecule has 3 heterocycles. The Kier molecular flexibility index (Phi) is 8.13. The van der Waals surface area contributed by atoms with Gasteiger partial charge in [0.1, 0.15) is 23.2 Å². The van der Waals surface area contributed by atoms with Crippen LogP contribution in [0, 0.1) is 29.2 Å². The van der Waals surface area contributed by atoms with Gasteiger partial charge in [0.05, 0.1) is 23.4 Å². The molecule has 2 aliphatic rings. The van der Waals surface area contributed by atoms with E-state index in [4.69, 9.17) is 20.8 Å². The van der Waals surface area contributed by atoms with Gasteiger partial charge in [-0.2, -0.15) is 5.10 Å². The lowest BCUT2D eigenvalue weighted by atomic mass is 9.78. The van der Waals surface area contributed by atoms with Crippen molar-refractivity contribution in [2.24, 2.45) is 11.0 Å². The summed E-state index contributed by atoms with van der Waals surface area (Å²) in [6.07, 6.45) is 0.691. The summed E-state index contributed by atoms with van der Waals surface area (Å²) in [4.78, 5) is 16.4. The van der Waals surface area contributed by atoms with Crippen LogP contribution in [0.4, 0.5) is 23.2 Å². The smallest absolute Gasteiger partial charge is 0.248 e. The van der Waals surface area contributed by atoms with Gasteiger partial charge in [-0.15, -0.1) is 0 Å².